The zero-order valence-corrected chi connectivity index (χ0v) is 17.8. The number of hydrogen-bond donors (Lipinski definition) is 2. The molecule has 2 N–H and O–H groups in total. The van der Waals surface area contributed by atoms with Crippen molar-refractivity contribution in [3.63, 3.8) is 0 Å². The van der Waals surface area contributed by atoms with Crippen LogP contribution in [0, 0.1) is 5.41 Å². The number of nitrogens with zero attached hydrogens (tertiary/aromatic N) is 2. The molecule has 1 aromatic rings. The summed E-state index contributed by atoms with van der Waals surface area (Å²) in [5.41, 5.74) is 0.578. The number of aliphatic imine (C=N–C) groups is 1. The standard InChI is InChI=1S/C20H34F2N4O2/c1-7-23-19(25-13-20(3,4)14-26(5)6)24-12-15-10-9-11-16(27-8-2)17(15)28-18(21)22/h9-11,18H,7-8,12-14H2,1-6H3,(H2,23,24,25). The second-order valence-corrected chi connectivity index (χ2v) is 7.51. The van der Waals surface area contributed by atoms with Crippen LogP contribution >= 0.6 is 0 Å². The molecule has 1 rings (SSSR count). The van der Waals surface area contributed by atoms with Gasteiger partial charge in [-0.2, -0.15) is 8.78 Å². The van der Waals surface area contributed by atoms with Crippen molar-refractivity contribution in [2.45, 2.75) is 40.9 Å². The molecule has 160 valence electrons. The number of rotatable bonds is 11. The summed E-state index contributed by atoms with van der Waals surface area (Å²) in [6, 6.07) is 5.07. The molecular weight excluding hydrogens is 366 g/mol. The van der Waals surface area contributed by atoms with E-state index in [9.17, 15) is 8.78 Å². The second kappa shape index (κ2) is 11.7. The smallest absolute Gasteiger partial charge is 0.387 e. The van der Waals surface area contributed by atoms with Gasteiger partial charge in [-0.15, -0.1) is 0 Å². The average Bonchev–Trinajstić information content (AvgIpc) is 2.58. The number of hydrogen-bond acceptors (Lipinski definition) is 4. The summed E-state index contributed by atoms with van der Waals surface area (Å²) in [7, 11) is 4.08. The van der Waals surface area contributed by atoms with Gasteiger partial charge in [-0.1, -0.05) is 26.0 Å². The van der Waals surface area contributed by atoms with Gasteiger partial charge in [0.05, 0.1) is 13.2 Å². The summed E-state index contributed by atoms with van der Waals surface area (Å²) in [4.78, 5) is 6.67. The number of alkyl halides is 2. The fourth-order valence-corrected chi connectivity index (χ4v) is 2.92. The Bertz CT molecular complexity index is 622. The van der Waals surface area contributed by atoms with Crippen molar-refractivity contribution < 1.29 is 18.3 Å². The van der Waals surface area contributed by atoms with Gasteiger partial charge >= 0.3 is 6.61 Å². The fraction of sp³-hybridized carbons (Fsp3) is 0.650. The van der Waals surface area contributed by atoms with Crippen LogP contribution in [0.2, 0.25) is 0 Å². The zero-order valence-electron chi connectivity index (χ0n) is 17.8. The molecule has 0 radical (unpaired) electrons. The minimum Gasteiger partial charge on any atom is -0.490 e. The molecule has 0 spiro atoms. The van der Waals surface area contributed by atoms with E-state index in [0.29, 0.717) is 30.4 Å². The van der Waals surface area contributed by atoms with E-state index in [-0.39, 0.29) is 17.7 Å². The summed E-state index contributed by atoms with van der Waals surface area (Å²) in [5, 5.41) is 6.51. The number of ether oxygens (including phenoxy) is 2. The third-order valence-corrected chi connectivity index (χ3v) is 3.80. The first-order valence-electron chi connectivity index (χ1n) is 9.55. The summed E-state index contributed by atoms with van der Waals surface area (Å²) < 4.78 is 35.8. The molecule has 8 heteroatoms. The van der Waals surface area contributed by atoms with Gasteiger partial charge < -0.3 is 25.0 Å². The van der Waals surface area contributed by atoms with E-state index in [1.165, 1.54) is 0 Å². The maximum atomic E-state index is 12.9. The van der Waals surface area contributed by atoms with Crippen molar-refractivity contribution in [2.24, 2.45) is 10.4 Å². The highest BCUT2D eigenvalue weighted by molar-refractivity contribution is 5.79. The van der Waals surface area contributed by atoms with Gasteiger partial charge in [0.1, 0.15) is 0 Å². The topological polar surface area (TPSA) is 58.1 Å². The Hall–Kier alpha value is -2.09. The Morgan fingerprint density at radius 3 is 2.50 bits per heavy atom. The van der Waals surface area contributed by atoms with Gasteiger partial charge in [0.2, 0.25) is 0 Å². The lowest BCUT2D eigenvalue weighted by Gasteiger charge is -2.29. The van der Waals surface area contributed by atoms with E-state index in [2.05, 4.69) is 34.4 Å². The van der Waals surface area contributed by atoms with Crippen LogP contribution in [0.1, 0.15) is 33.3 Å². The minimum absolute atomic E-state index is 0.0342. The van der Waals surface area contributed by atoms with Crippen molar-refractivity contribution in [1.82, 2.24) is 15.5 Å². The largest absolute Gasteiger partial charge is 0.490 e. The van der Waals surface area contributed by atoms with Gasteiger partial charge in [-0.3, -0.25) is 0 Å². The van der Waals surface area contributed by atoms with Crippen LogP contribution in [0.15, 0.2) is 23.2 Å². The van der Waals surface area contributed by atoms with E-state index < -0.39 is 6.61 Å². The SMILES string of the molecule is CCNC(=NCc1cccc(OCC)c1OC(F)F)NCC(C)(C)CN(C)C. The number of para-hydroxylation sites is 1. The molecule has 6 nitrogen and oxygen atoms in total. The van der Waals surface area contributed by atoms with Crippen LogP contribution in [0.4, 0.5) is 8.78 Å². The van der Waals surface area contributed by atoms with Crippen LogP contribution in [0.25, 0.3) is 0 Å². The lowest BCUT2D eigenvalue weighted by atomic mass is 9.93. The first kappa shape index (κ1) is 23.9. The van der Waals surface area contributed by atoms with E-state index in [1.54, 1.807) is 25.1 Å². The van der Waals surface area contributed by atoms with E-state index >= 15 is 0 Å². The Balaban J connectivity index is 2.95. The van der Waals surface area contributed by atoms with Gasteiger partial charge in [-0.25, -0.2) is 4.99 Å². The van der Waals surface area contributed by atoms with Crippen LogP contribution in [-0.4, -0.2) is 57.8 Å². The molecule has 1 aromatic carbocycles. The number of benzene rings is 1. The highest BCUT2D eigenvalue weighted by Gasteiger charge is 2.19. The summed E-state index contributed by atoms with van der Waals surface area (Å²) in [6.07, 6.45) is 0. The monoisotopic (exact) mass is 400 g/mol. The predicted octanol–water partition coefficient (Wildman–Crippen LogP) is 3.33. The summed E-state index contributed by atoms with van der Waals surface area (Å²) >= 11 is 0. The minimum atomic E-state index is -2.93. The fourth-order valence-electron chi connectivity index (χ4n) is 2.92. The molecule has 0 aliphatic carbocycles. The lowest BCUT2D eigenvalue weighted by Crippen LogP contribution is -2.44. The molecule has 0 atom stereocenters. The first-order valence-corrected chi connectivity index (χ1v) is 9.55. The Kier molecular flexibility index (Phi) is 9.99. The van der Waals surface area contributed by atoms with Crippen LogP contribution in [0.3, 0.4) is 0 Å². The molecule has 0 saturated carbocycles. The molecule has 0 aliphatic rings. The van der Waals surface area contributed by atoms with Crippen molar-refractivity contribution in [1.29, 1.82) is 0 Å². The quantitative estimate of drug-likeness (QED) is 0.441. The lowest BCUT2D eigenvalue weighted by molar-refractivity contribution is -0.0520. The van der Waals surface area contributed by atoms with Gasteiger partial charge in [0.15, 0.2) is 17.5 Å². The maximum Gasteiger partial charge on any atom is 0.387 e. The molecular formula is C20H34F2N4O2. The van der Waals surface area contributed by atoms with E-state index in [1.807, 2.05) is 21.0 Å². The molecule has 0 amide bonds. The molecule has 0 unspecified atom stereocenters. The van der Waals surface area contributed by atoms with Crippen molar-refractivity contribution in [3.05, 3.63) is 23.8 Å². The Morgan fingerprint density at radius 2 is 1.93 bits per heavy atom. The number of halogens is 2. The van der Waals surface area contributed by atoms with Gasteiger partial charge in [0.25, 0.3) is 0 Å². The van der Waals surface area contributed by atoms with Crippen molar-refractivity contribution in [2.75, 3.05) is 40.3 Å². The van der Waals surface area contributed by atoms with Crippen LogP contribution in [0.5, 0.6) is 11.5 Å². The number of nitrogens with one attached hydrogen (secondary N) is 2. The zero-order chi connectivity index (χ0) is 21.2. The van der Waals surface area contributed by atoms with Crippen LogP contribution in [-0.2, 0) is 6.54 Å². The third-order valence-electron chi connectivity index (χ3n) is 3.80. The van der Waals surface area contributed by atoms with Crippen molar-refractivity contribution in [3.8, 4) is 11.5 Å². The second-order valence-electron chi connectivity index (χ2n) is 7.51. The molecule has 28 heavy (non-hydrogen) atoms. The number of guanidine groups is 1. The molecule has 0 fully saturated rings. The van der Waals surface area contributed by atoms with Crippen LogP contribution < -0.4 is 20.1 Å². The van der Waals surface area contributed by atoms with E-state index in [0.717, 1.165) is 13.1 Å². The molecule has 0 heterocycles. The van der Waals surface area contributed by atoms with Crippen molar-refractivity contribution >= 4 is 5.96 Å². The average molecular weight is 401 g/mol. The highest BCUT2D eigenvalue weighted by atomic mass is 19.3. The first-order chi connectivity index (χ1) is 13.2. The normalized spacial score (nSPS) is 12.4. The third kappa shape index (κ3) is 8.73. The highest BCUT2D eigenvalue weighted by Crippen LogP contribution is 2.33. The van der Waals surface area contributed by atoms with E-state index in [4.69, 9.17) is 9.47 Å². The molecule has 0 aromatic heterocycles. The molecule has 0 saturated heterocycles. The Labute approximate surface area is 167 Å². The molecule has 0 bridgehead atoms. The van der Waals surface area contributed by atoms with Gasteiger partial charge in [-0.05, 0) is 39.4 Å². The maximum absolute atomic E-state index is 12.9. The summed E-state index contributed by atoms with van der Waals surface area (Å²) in [6.45, 7) is 8.06. The predicted molar refractivity (Wildman–Crippen MR) is 109 cm³/mol. The molecule has 0 aliphatic heterocycles. The summed E-state index contributed by atoms with van der Waals surface area (Å²) in [5.74, 6) is 0.951. The van der Waals surface area contributed by atoms with Gasteiger partial charge in [0, 0.05) is 25.2 Å². The Morgan fingerprint density at radius 1 is 1.21 bits per heavy atom.